The van der Waals surface area contributed by atoms with E-state index in [0.717, 1.165) is 38.0 Å². The largest absolute Gasteiger partial charge is 0.343 e. The smallest absolute Gasteiger partial charge is 0.256 e. The Kier molecular flexibility index (Phi) is 6.56. The van der Waals surface area contributed by atoms with Crippen LogP contribution in [0.3, 0.4) is 0 Å². The number of carbonyl (C=O) groups excluding carboxylic acids is 1. The van der Waals surface area contributed by atoms with Crippen molar-refractivity contribution >= 4 is 28.2 Å². The molecule has 0 aliphatic heterocycles. The van der Waals surface area contributed by atoms with Gasteiger partial charge < -0.3 is 10.6 Å². The summed E-state index contributed by atoms with van der Waals surface area (Å²) >= 11 is 1.59. The van der Waals surface area contributed by atoms with Crippen molar-refractivity contribution in [1.82, 2.24) is 9.97 Å². The van der Waals surface area contributed by atoms with Crippen molar-refractivity contribution in [2.45, 2.75) is 40.7 Å². The van der Waals surface area contributed by atoms with Crippen LogP contribution in [0, 0.1) is 34.6 Å². The minimum absolute atomic E-state index is 0.122. The molecular weight excluding hydrogens is 428 g/mol. The normalized spacial score (nSPS) is 11.8. The van der Waals surface area contributed by atoms with E-state index in [1.165, 1.54) is 5.56 Å². The molecule has 2 aromatic carbocycles. The van der Waals surface area contributed by atoms with Crippen LogP contribution in [0.1, 0.15) is 54.9 Å². The highest BCUT2D eigenvalue weighted by atomic mass is 32.1. The zero-order valence-corrected chi connectivity index (χ0v) is 20.4. The third kappa shape index (κ3) is 5.12. The fraction of sp³-hybridized carbons (Fsp3) is 0.222. The van der Waals surface area contributed by atoms with Crippen molar-refractivity contribution in [3.63, 3.8) is 0 Å². The standard InChI is InChI=1S/C27H28N4OS/c1-16-11-13-21(14-12-16)24(30-27-28-17(2)15-18(3)29-27)23-19(4)20(5)33-26(23)31-25(32)22-9-7-6-8-10-22/h6-15,24H,1-5H3,(H,31,32)(H,28,29,30). The lowest BCUT2D eigenvalue weighted by molar-refractivity contribution is 0.102. The molecule has 1 atom stereocenters. The van der Waals surface area contributed by atoms with E-state index < -0.39 is 0 Å². The molecule has 5 nitrogen and oxygen atoms in total. The Bertz CT molecular complexity index is 1260. The lowest BCUT2D eigenvalue weighted by Gasteiger charge is -2.22. The molecule has 0 saturated heterocycles. The molecular formula is C27H28N4OS. The van der Waals surface area contributed by atoms with Gasteiger partial charge in [0.2, 0.25) is 5.95 Å². The number of hydrogen-bond donors (Lipinski definition) is 2. The van der Waals surface area contributed by atoms with Crippen molar-refractivity contribution < 1.29 is 4.79 Å². The Morgan fingerprint density at radius 1 is 0.879 bits per heavy atom. The van der Waals surface area contributed by atoms with Gasteiger partial charge in [0.15, 0.2) is 0 Å². The van der Waals surface area contributed by atoms with E-state index in [2.05, 4.69) is 65.6 Å². The minimum Gasteiger partial charge on any atom is -0.343 e. The van der Waals surface area contributed by atoms with Crippen molar-refractivity contribution in [1.29, 1.82) is 0 Å². The van der Waals surface area contributed by atoms with Gasteiger partial charge in [0, 0.05) is 27.4 Å². The molecule has 4 rings (SSSR count). The lowest BCUT2D eigenvalue weighted by Crippen LogP contribution is -2.19. The Balaban J connectivity index is 1.79. The predicted octanol–water partition coefficient (Wildman–Crippen LogP) is 6.53. The van der Waals surface area contributed by atoms with Gasteiger partial charge in [0.05, 0.1) is 6.04 Å². The van der Waals surface area contributed by atoms with E-state index in [9.17, 15) is 4.79 Å². The Hall–Kier alpha value is -3.51. The van der Waals surface area contributed by atoms with Gasteiger partial charge in [0.1, 0.15) is 5.00 Å². The summed E-state index contributed by atoms with van der Waals surface area (Å²) in [6.07, 6.45) is 0. The molecule has 0 aliphatic carbocycles. The Morgan fingerprint density at radius 2 is 1.52 bits per heavy atom. The summed E-state index contributed by atoms with van der Waals surface area (Å²) in [5, 5.41) is 7.55. The fourth-order valence-corrected chi connectivity index (χ4v) is 4.94. The first kappa shape index (κ1) is 22.7. The molecule has 2 heterocycles. The number of amides is 1. The molecule has 1 unspecified atom stereocenters. The molecule has 0 fully saturated rings. The summed E-state index contributed by atoms with van der Waals surface area (Å²) < 4.78 is 0. The van der Waals surface area contributed by atoms with Crippen molar-refractivity contribution in [3.05, 3.63) is 105 Å². The quantitative estimate of drug-likeness (QED) is 0.346. The topological polar surface area (TPSA) is 66.9 Å². The van der Waals surface area contributed by atoms with E-state index in [1.54, 1.807) is 11.3 Å². The van der Waals surface area contributed by atoms with Gasteiger partial charge in [0.25, 0.3) is 5.91 Å². The summed E-state index contributed by atoms with van der Waals surface area (Å²) in [6.45, 7) is 10.2. The van der Waals surface area contributed by atoms with Crippen LogP contribution in [-0.4, -0.2) is 15.9 Å². The van der Waals surface area contributed by atoms with E-state index in [4.69, 9.17) is 0 Å². The molecule has 2 aromatic heterocycles. The van der Waals surface area contributed by atoms with Gasteiger partial charge in [-0.15, -0.1) is 11.3 Å². The molecule has 168 valence electrons. The van der Waals surface area contributed by atoms with Crippen LogP contribution in [-0.2, 0) is 0 Å². The Labute approximate surface area is 198 Å². The second-order valence-corrected chi connectivity index (χ2v) is 9.53. The van der Waals surface area contributed by atoms with E-state index in [-0.39, 0.29) is 11.9 Å². The average molecular weight is 457 g/mol. The zero-order chi connectivity index (χ0) is 23.5. The maximum absolute atomic E-state index is 13.0. The molecule has 33 heavy (non-hydrogen) atoms. The molecule has 0 saturated carbocycles. The molecule has 4 aromatic rings. The summed E-state index contributed by atoms with van der Waals surface area (Å²) in [5.74, 6) is 0.449. The lowest BCUT2D eigenvalue weighted by atomic mass is 9.95. The number of nitrogens with one attached hydrogen (secondary N) is 2. The highest BCUT2D eigenvalue weighted by molar-refractivity contribution is 7.16. The number of thiophene rings is 1. The third-order valence-corrected chi connectivity index (χ3v) is 6.79. The maximum atomic E-state index is 13.0. The first-order valence-corrected chi connectivity index (χ1v) is 11.7. The summed E-state index contributed by atoms with van der Waals surface area (Å²) in [5.41, 5.74) is 6.89. The second-order valence-electron chi connectivity index (χ2n) is 8.31. The van der Waals surface area contributed by atoms with E-state index >= 15 is 0 Å². The predicted molar refractivity (Wildman–Crippen MR) is 136 cm³/mol. The molecule has 0 bridgehead atoms. The van der Waals surface area contributed by atoms with Crippen LogP contribution in [0.4, 0.5) is 10.9 Å². The van der Waals surface area contributed by atoms with Crippen molar-refractivity contribution in [2.24, 2.45) is 0 Å². The van der Waals surface area contributed by atoms with Gasteiger partial charge in [-0.1, -0.05) is 48.0 Å². The number of hydrogen-bond acceptors (Lipinski definition) is 5. The fourth-order valence-electron chi connectivity index (χ4n) is 3.85. The summed E-state index contributed by atoms with van der Waals surface area (Å²) in [6, 6.07) is 19.5. The molecule has 0 spiro atoms. The Morgan fingerprint density at radius 3 is 2.15 bits per heavy atom. The van der Waals surface area contributed by atoms with Crippen LogP contribution in [0.2, 0.25) is 0 Å². The van der Waals surface area contributed by atoms with Crippen LogP contribution >= 0.6 is 11.3 Å². The number of carbonyl (C=O) groups is 1. The molecule has 1 amide bonds. The van der Waals surface area contributed by atoms with E-state index in [1.807, 2.05) is 50.2 Å². The number of aryl methyl sites for hydroxylation is 4. The molecule has 6 heteroatoms. The average Bonchev–Trinajstić information content (AvgIpc) is 3.05. The third-order valence-electron chi connectivity index (χ3n) is 5.65. The number of anilines is 2. The van der Waals surface area contributed by atoms with Crippen LogP contribution in [0.15, 0.2) is 60.7 Å². The van der Waals surface area contributed by atoms with Crippen LogP contribution in [0.25, 0.3) is 0 Å². The monoisotopic (exact) mass is 456 g/mol. The number of rotatable bonds is 6. The number of benzene rings is 2. The van der Waals surface area contributed by atoms with Crippen molar-refractivity contribution in [3.8, 4) is 0 Å². The molecule has 2 N–H and O–H groups in total. The van der Waals surface area contributed by atoms with Crippen LogP contribution in [0.5, 0.6) is 0 Å². The summed E-state index contributed by atoms with van der Waals surface area (Å²) in [4.78, 5) is 23.4. The van der Waals surface area contributed by atoms with Gasteiger partial charge in [-0.3, -0.25) is 4.79 Å². The number of nitrogens with zero attached hydrogens (tertiary/aromatic N) is 2. The van der Waals surface area contributed by atoms with Gasteiger partial charge >= 0.3 is 0 Å². The maximum Gasteiger partial charge on any atom is 0.256 e. The van der Waals surface area contributed by atoms with Crippen molar-refractivity contribution in [2.75, 3.05) is 10.6 Å². The van der Waals surface area contributed by atoms with Gasteiger partial charge in [-0.25, -0.2) is 9.97 Å². The van der Waals surface area contributed by atoms with Gasteiger partial charge in [-0.05, 0) is 63.9 Å². The highest BCUT2D eigenvalue weighted by Gasteiger charge is 2.25. The first-order chi connectivity index (χ1) is 15.8. The minimum atomic E-state index is -0.220. The second kappa shape index (κ2) is 9.55. The van der Waals surface area contributed by atoms with Gasteiger partial charge in [-0.2, -0.15) is 0 Å². The molecule has 0 aliphatic rings. The first-order valence-electron chi connectivity index (χ1n) is 10.9. The summed E-state index contributed by atoms with van der Waals surface area (Å²) in [7, 11) is 0. The highest BCUT2D eigenvalue weighted by Crippen LogP contribution is 2.41. The number of aromatic nitrogens is 2. The van der Waals surface area contributed by atoms with Crippen LogP contribution < -0.4 is 10.6 Å². The zero-order valence-electron chi connectivity index (χ0n) is 19.6. The van der Waals surface area contributed by atoms with E-state index in [0.29, 0.717) is 11.5 Å². The SMILES string of the molecule is Cc1ccc(C(Nc2nc(C)cc(C)n2)c2c(NC(=O)c3ccccc3)sc(C)c2C)cc1. The molecule has 0 radical (unpaired) electrons.